The molecule has 0 saturated heterocycles. The van der Waals surface area contributed by atoms with Gasteiger partial charge in [0.05, 0.1) is 0 Å². The predicted molar refractivity (Wildman–Crippen MR) is 58.6 cm³/mol. The van der Waals surface area contributed by atoms with Crippen LogP contribution in [0.5, 0.6) is 0 Å². The summed E-state index contributed by atoms with van der Waals surface area (Å²) in [6.45, 7) is 1.49. The van der Waals surface area contributed by atoms with E-state index in [1.807, 2.05) is 12.1 Å². The summed E-state index contributed by atoms with van der Waals surface area (Å²) < 4.78 is 1.78. The van der Waals surface area contributed by atoms with E-state index in [4.69, 9.17) is 11.6 Å². The van der Waals surface area contributed by atoms with Gasteiger partial charge in [-0.1, -0.05) is 11.6 Å². The van der Waals surface area contributed by atoms with Gasteiger partial charge in [-0.25, -0.2) is 4.98 Å². The number of carbonyl (C=O) groups is 1. The normalized spacial score (nSPS) is 10.3. The molecule has 2 rings (SSSR count). The van der Waals surface area contributed by atoms with E-state index in [1.165, 1.54) is 6.92 Å². The van der Waals surface area contributed by atoms with E-state index in [2.05, 4.69) is 4.98 Å². The molecule has 0 bridgehead atoms. The lowest BCUT2D eigenvalue weighted by atomic mass is 10.3. The van der Waals surface area contributed by atoms with E-state index in [-0.39, 0.29) is 5.78 Å². The van der Waals surface area contributed by atoms with E-state index in [1.54, 1.807) is 29.2 Å². The Bertz CT molecular complexity index is 488. The van der Waals surface area contributed by atoms with E-state index in [0.717, 1.165) is 5.69 Å². The van der Waals surface area contributed by atoms with Gasteiger partial charge in [0.15, 0.2) is 5.78 Å². The van der Waals surface area contributed by atoms with Crippen LogP contribution in [0.25, 0.3) is 5.69 Å². The van der Waals surface area contributed by atoms with Crippen LogP contribution in [0.4, 0.5) is 0 Å². The van der Waals surface area contributed by atoms with Crippen molar-refractivity contribution in [1.29, 1.82) is 0 Å². The Hall–Kier alpha value is -1.61. The van der Waals surface area contributed by atoms with Crippen molar-refractivity contribution in [3.63, 3.8) is 0 Å². The molecule has 0 aliphatic rings. The maximum absolute atomic E-state index is 11.0. The van der Waals surface area contributed by atoms with E-state index >= 15 is 0 Å². The summed E-state index contributed by atoms with van der Waals surface area (Å²) >= 11 is 5.78. The third-order valence-corrected chi connectivity index (χ3v) is 2.32. The second-order valence-corrected chi connectivity index (χ2v) is 3.64. The van der Waals surface area contributed by atoms with Crippen LogP contribution in [0.15, 0.2) is 36.8 Å². The zero-order valence-electron chi connectivity index (χ0n) is 8.14. The Morgan fingerprint density at radius 2 is 2.00 bits per heavy atom. The molecule has 1 aromatic carbocycles. The number of carbonyl (C=O) groups excluding carboxylic acids is 1. The standard InChI is InChI=1S/C11H9ClN2O/c1-8(15)11-6-14(7-13-11)10-4-2-9(12)3-5-10/h2-7H,1H3. The molecule has 3 nitrogen and oxygen atoms in total. The molecule has 1 heterocycles. The molecule has 4 heteroatoms. The number of hydrogen-bond acceptors (Lipinski definition) is 2. The number of nitrogens with zero attached hydrogens (tertiary/aromatic N) is 2. The number of imidazole rings is 1. The molecule has 2 aromatic rings. The van der Waals surface area contributed by atoms with Crippen molar-refractivity contribution >= 4 is 17.4 Å². The Morgan fingerprint density at radius 3 is 2.53 bits per heavy atom. The van der Waals surface area contributed by atoms with E-state index < -0.39 is 0 Å². The molecule has 0 aliphatic heterocycles. The average Bonchev–Trinajstić information content (AvgIpc) is 2.68. The van der Waals surface area contributed by atoms with Crippen molar-refractivity contribution in [2.45, 2.75) is 6.92 Å². The first-order valence-corrected chi connectivity index (χ1v) is 4.85. The van der Waals surface area contributed by atoms with Gasteiger partial charge in [0.25, 0.3) is 0 Å². The second kappa shape index (κ2) is 3.87. The molecule has 0 radical (unpaired) electrons. The van der Waals surface area contributed by atoms with Gasteiger partial charge in [-0.05, 0) is 24.3 Å². The Kier molecular flexibility index (Phi) is 2.56. The summed E-state index contributed by atoms with van der Waals surface area (Å²) in [6, 6.07) is 7.33. The number of Topliss-reactive ketones (excluding diaryl/α,β-unsaturated/α-hetero) is 1. The minimum absolute atomic E-state index is 0.0392. The van der Waals surface area contributed by atoms with Crippen LogP contribution < -0.4 is 0 Å². The number of ketones is 1. The van der Waals surface area contributed by atoms with Crippen LogP contribution in [0.1, 0.15) is 17.4 Å². The molecule has 0 fully saturated rings. The fourth-order valence-corrected chi connectivity index (χ4v) is 1.39. The number of aromatic nitrogens is 2. The molecule has 1 aromatic heterocycles. The van der Waals surface area contributed by atoms with Gasteiger partial charge in [0.2, 0.25) is 0 Å². The summed E-state index contributed by atoms with van der Waals surface area (Å²) in [5.74, 6) is -0.0392. The fraction of sp³-hybridized carbons (Fsp3) is 0.0909. The zero-order valence-corrected chi connectivity index (χ0v) is 8.90. The molecule has 0 spiro atoms. The van der Waals surface area contributed by atoms with E-state index in [0.29, 0.717) is 10.7 Å². The van der Waals surface area contributed by atoms with Gasteiger partial charge >= 0.3 is 0 Å². The topological polar surface area (TPSA) is 34.9 Å². The molecule has 0 atom stereocenters. The molecule has 0 aliphatic carbocycles. The quantitative estimate of drug-likeness (QED) is 0.730. The number of rotatable bonds is 2. The maximum Gasteiger partial charge on any atom is 0.179 e. The van der Waals surface area contributed by atoms with Crippen LogP contribution in [0.2, 0.25) is 5.02 Å². The van der Waals surface area contributed by atoms with Gasteiger partial charge in [-0.3, -0.25) is 4.79 Å². The maximum atomic E-state index is 11.0. The molecular weight excluding hydrogens is 212 g/mol. The van der Waals surface area contributed by atoms with Crippen molar-refractivity contribution in [2.75, 3.05) is 0 Å². The molecule has 15 heavy (non-hydrogen) atoms. The number of benzene rings is 1. The molecule has 76 valence electrons. The van der Waals surface area contributed by atoms with Crippen molar-refractivity contribution in [3.05, 3.63) is 47.5 Å². The van der Waals surface area contributed by atoms with Crippen LogP contribution in [0.3, 0.4) is 0 Å². The zero-order chi connectivity index (χ0) is 10.8. The van der Waals surface area contributed by atoms with Gasteiger partial charge < -0.3 is 4.57 Å². The minimum Gasteiger partial charge on any atom is -0.306 e. The Balaban J connectivity index is 2.37. The van der Waals surface area contributed by atoms with E-state index in [9.17, 15) is 4.79 Å². The molecule has 0 saturated carbocycles. The van der Waals surface area contributed by atoms with Crippen molar-refractivity contribution in [2.24, 2.45) is 0 Å². The van der Waals surface area contributed by atoms with Gasteiger partial charge in [-0.15, -0.1) is 0 Å². The summed E-state index contributed by atoms with van der Waals surface area (Å²) in [7, 11) is 0. The highest BCUT2D eigenvalue weighted by Crippen LogP contribution is 2.13. The largest absolute Gasteiger partial charge is 0.306 e. The Morgan fingerprint density at radius 1 is 1.33 bits per heavy atom. The lowest BCUT2D eigenvalue weighted by Crippen LogP contribution is -1.92. The third-order valence-electron chi connectivity index (χ3n) is 2.07. The van der Waals surface area contributed by atoms with Crippen LogP contribution in [0, 0.1) is 0 Å². The average molecular weight is 221 g/mol. The fourth-order valence-electron chi connectivity index (χ4n) is 1.26. The predicted octanol–water partition coefficient (Wildman–Crippen LogP) is 2.73. The van der Waals surface area contributed by atoms with Crippen molar-refractivity contribution < 1.29 is 4.79 Å². The monoisotopic (exact) mass is 220 g/mol. The minimum atomic E-state index is -0.0392. The highest BCUT2D eigenvalue weighted by molar-refractivity contribution is 6.30. The van der Waals surface area contributed by atoms with Gasteiger partial charge in [0.1, 0.15) is 12.0 Å². The molecule has 0 N–H and O–H groups in total. The highest BCUT2D eigenvalue weighted by atomic mass is 35.5. The smallest absolute Gasteiger partial charge is 0.179 e. The van der Waals surface area contributed by atoms with Crippen LogP contribution >= 0.6 is 11.6 Å². The van der Waals surface area contributed by atoms with Gasteiger partial charge in [0, 0.05) is 23.8 Å². The first kappa shape index (κ1) is 9.93. The van der Waals surface area contributed by atoms with Crippen LogP contribution in [-0.2, 0) is 0 Å². The van der Waals surface area contributed by atoms with Crippen molar-refractivity contribution in [1.82, 2.24) is 9.55 Å². The first-order chi connectivity index (χ1) is 7.16. The molecule has 0 amide bonds. The first-order valence-electron chi connectivity index (χ1n) is 4.47. The summed E-state index contributed by atoms with van der Waals surface area (Å²) in [4.78, 5) is 15.0. The SMILES string of the molecule is CC(=O)c1cn(-c2ccc(Cl)cc2)cn1. The lowest BCUT2D eigenvalue weighted by molar-refractivity contribution is 0.101. The summed E-state index contributed by atoms with van der Waals surface area (Å²) in [5, 5.41) is 0.686. The lowest BCUT2D eigenvalue weighted by Gasteiger charge is -2.00. The number of halogens is 1. The molecule has 0 unspecified atom stereocenters. The van der Waals surface area contributed by atoms with Crippen molar-refractivity contribution in [3.8, 4) is 5.69 Å². The highest BCUT2D eigenvalue weighted by Gasteiger charge is 2.04. The van der Waals surface area contributed by atoms with Gasteiger partial charge in [-0.2, -0.15) is 0 Å². The summed E-state index contributed by atoms with van der Waals surface area (Å²) in [5.41, 5.74) is 1.39. The second-order valence-electron chi connectivity index (χ2n) is 3.20. The third kappa shape index (κ3) is 2.07. The summed E-state index contributed by atoms with van der Waals surface area (Å²) in [6.07, 6.45) is 3.31. The van der Waals surface area contributed by atoms with Crippen LogP contribution in [-0.4, -0.2) is 15.3 Å². The molecular formula is C11H9ClN2O. The Labute approximate surface area is 92.3 Å². The number of hydrogen-bond donors (Lipinski definition) is 0.